The second-order valence-corrected chi connectivity index (χ2v) is 4.27. The summed E-state index contributed by atoms with van der Waals surface area (Å²) < 4.78 is 13.4. The van der Waals surface area contributed by atoms with Crippen molar-refractivity contribution in [3.63, 3.8) is 0 Å². The first-order valence-electron chi connectivity index (χ1n) is 5.68. The van der Waals surface area contributed by atoms with Crippen LogP contribution in [-0.4, -0.2) is 23.0 Å². The quantitative estimate of drug-likeness (QED) is 0.783. The van der Waals surface area contributed by atoms with E-state index in [-0.39, 0.29) is 11.9 Å². The lowest BCUT2D eigenvalue weighted by Crippen LogP contribution is -2.40. The van der Waals surface area contributed by atoms with E-state index in [1.54, 1.807) is 25.1 Å². The van der Waals surface area contributed by atoms with Crippen LogP contribution in [0.1, 0.15) is 19.4 Å². The van der Waals surface area contributed by atoms with E-state index in [0.29, 0.717) is 12.0 Å². The summed E-state index contributed by atoms with van der Waals surface area (Å²) in [5, 5.41) is 11.2. The molecule has 0 fully saturated rings. The van der Waals surface area contributed by atoms with Gasteiger partial charge in [-0.15, -0.1) is 0 Å². The molecule has 1 aromatic carbocycles. The minimum absolute atomic E-state index is 0.323. The van der Waals surface area contributed by atoms with Crippen molar-refractivity contribution in [3.05, 3.63) is 35.6 Å². The van der Waals surface area contributed by atoms with Gasteiger partial charge in [-0.25, -0.2) is 4.39 Å². The van der Waals surface area contributed by atoms with Gasteiger partial charge in [0, 0.05) is 6.04 Å². The molecule has 2 atom stereocenters. The Morgan fingerprint density at radius 2 is 1.94 bits per heavy atom. The van der Waals surface area contributed by atoms with E-state index in [1.165, 1.54) is 13.0 Å². The van der Waals surface area contributed by atoms with Crippen molar-refractivity contribution in [3.8, 4) is 0 Å². The fourth-order valence-corrected chi connectivity index (χ4v) is 1.52. The van der Waals surface area contributed by atoms with Gasteiger partial charge in [-0.2, -0.15) is 0 Å². The molecular formula is C13H16FNO3. The summed E-state index contributed by atoms with van der Waals surface area (Å²) in [4.78, 5) is 22.1. The van der Waals surface area contributed by atoms with Gasteiger partial charge in [0.25, 0.3) is 0 Å². The number of carbonyl (C=O) groups excluding carboxylic acids is 1. The molecule has 0 saturated carbocycles. The first-order valence-corrected chi connectivity index (χ1v) is 5.68. The molecule has 0 aliphatic heterocycles. The number of benzene rings is 1. The molecule has 0 heterocycles. The van der Waals surface area contributed by atoms with E-state index < -0.39 is 17.8 Å². The number of carboxylic acid groups (broad SMARTS) is 1. The van der Waals surface area contributed by atoms with E-state index in [9.17, 15) is 14.0 Å². The van der Waals surface area contributed by atoms with Crippen LogP contribution in [0.15, 0.2) is 24.3 Å². The van der Waals surface area contributed by atoms with Crippen LogP contribution in [0.3, 0.4) is 0 Å². The Morgan fingerprint density at radius 1 is 1.33 bits per heavy atom. The molecule has 98 valence electrons. The predicted octanol–water partition coefficient (Wildman–Crippen LogP) is 1.59. The first kappa shape index (κ1) is 14.2. The lowest BCUT2D eigenvalue weighted by Gasteiger charge is -2.16. The zero-order valence-electron chi connectivity index (χ0n) is 10.3. The molecule has 0 aromatic heterocycles. The largest absolute Gasteiger partial charge is 0.481 e. The summed E-state index contributed by atoms with van der Waals surface area (Å²) in [6.07, 6.45) is 0.324. The molecule has 1 aromatic rings. The molecule has 0 bridgehead atoms. The topological polar surface area (TPSA) is 66.4 Å². The third-order valence-corrected chi connectivity index (χ3v) is 2.64. The maximum atomic E-state index is 13.4. The molecule has 1 rings (SSSR count). The molecule has 0 radical (unpaired) electrons. The van der Waals surface area contributed by atoms with Gasteiger partial charge in [0.15, 0.2) is 0 Å². The molecule has 2 N–H and O–H groups in total. The van der Waals surface area contributed by atoms with E-state index >= 15 is 0 Å². The van der Waals surface area contributed by atoms with Gasteiger partial charge >= 0.3 is 5.97 Å². The molecule has 5 heteroatoms. The summed E-state index contributed by atoms with van der Waals surface area (Å²) in [5.41, 5.74) is 0.494. The van der Waals surface area contributed by atoms with Crippen LogP contribution in [0.2, 0.25) is 0 Å². The van der Waals surface area contributed by atoms with Crippen LogP contribution >= 0.6 is 0 Å². The average molecular weight is 253 g/mol. The van der Waals surface area contributed by atoms with Crippen LogP contribution in [0.5, 0.6) is 0 Å². The molecule has 18 heavy (non-hydrogen) atoms. The number of amides is 1. The minimum Gasteiger partial charge on any atom is -0.481 e. The Balaban J connectivity index is 2.57. The van der Waals surface area contributed by atoms with Crippen LogP contribution in [0.25, 0.3) is 0 Å². The number of nitrogens with one attached hydrogen (secondary N) is 1. The van der Waals surface area contributed by atoms with E-state index in [1.807, 2.05) is 0 Å². The highest BCUT2D eigenvalue weighted by molar-refractivity contribution is 5.96. The normalized spacial score (nSPS) is 13.7. The number of hydrogen-bond donors (Lipinski definition) is 2. The van der Waals surface area contributed by atoms with Crippen LogP contribution < -0.4 is 5.32 Å². The fourth-order valence-electron chi connectivity index (χ4n) is 1.52. The smallest absolute Gasteiger partial charge is 0.315 e. The zero-order valence-corrected chi connectivity index (χ0v) is 10.3. The number of rotatable bonds is 5. The zero-order chi connectivity index (χ0) is 13.7. The van der Waals surface area contributed by atoms with Gasteiger partial charge < -0.3 is 10.4 Å². The third kappa shape index (κ3) is 3.84. The number of aliphatic carboxylic acids is 1. The molecule has 0 saturated heterocycles. The number of carbonyl (C=O) groups is 2. The van der Waals surface area contributed by atoms with Crippen LogP contribution in [0, 0.1) is 11.7 Å². The summed E-state index contributed by atoms with van der Waals surface area (Å²) >= 11 is 0. The van der Waals surface area contributed by atoms with Crippen molar-refractivity contribution < 1.29 is 19.1 Å². The molecule has 4 nitrogen and oxygen atoms in total. The molecule has 0 aliphatic carbocycles. The van der Waals surface area contributed by atoms with Gasteiger partial charge in [-0.05, 0) is 31.9 Å². The van der Waals surface area contributed by atoms with Crippen molar-refractivity contribution in [2.75, 3.05) is 0 Å². The average Bonchev–Trinajstić information content (AvgIpc) is 2.30. The highest BCUT2D eigenvalue weighted by Crippen LogP contribution is 2.09. The fraction of sp³-hybridized carbons (Fsp3) is 0.385. The number of hydrogen-bond acceptors (Lipinski definition) is 2. The van der Waals surface area contributed by atoms with E-state index in [2.05, 4.69) is 5.32 Å². The number of halogens is 1. The van der Waals surface area contributed by atoms with Gasteiger partial charge in [0.2, 0.25) is 5.91 Å². The first-order chi connectivity index (χ1) is 8.41. The van der Waals surface area contributed by atoms with E-state index in [4.69, 9.17) is 5.11 Å². The summed E-state index contributed by atoms with van der Waals surface area (Å²) in [6.45, 7) is 3.02. The second kappa shape index (κ2) is 6.14. The highest BCUT2D eigenvalue weighted by atomic mass is 19.1. The van der Waals surface area contributed by atoms with Gasteiger partial charge in [-0.3, -0.25) is 9.59 Å². The molecular weight excluding hydrogens is 237 g/mol. The second-order valence-electron chi connectivity index (χ2n) is 4.27. The lowest BCUT2D eigenvalue weighted by atomic mass is 10.1. The third-order valence-electron chi connectivity index (χ3n) is 2.64. The van der Waals surface area contributed by atoms with Gasteiger partial charge in [-0.1, -0.05) is 18.2 Å². The SMILES string of the molecule is CC(Cc1ccccc1F)NC(=O)C(C)C(=O)O. The monoisotopic (exact) mass is 253 g/mol. The van der Waals surface area contributed by atoms with Gasteiger partial charge in [0.1, 0.15) is 11.7 Å². The Kier molecular flexibility index (Phi) is 4.83. The summed E-state index contributed by atoms with van der Waals surface area (Å²) in [6, 6.07) is 5.97. The van der Waals surface area contributed by atoms with E-state index in [0.717, 1.165) is 0 Å². The van der Waals surface area contributed by atoms with Crippen LogP contribution in [-0.2, 0) is 16.0 Å². The summed E-state index contributed by atoms with van der Waals surface area (Å²) in [5.74, 6) is -3.17. The van der Waals surface area contributed by atoms with Crippen molar-refractivity contribution in [1.82, 2.24) is 5.32 Å². The highest BCUT2D eigenvalue weighted by Gasteiger charge is 2.21. The lowest BCUT2D eigenvalue weighted by molar-refractivity contribution is -0.146. The minimum atomic E-state index is -1.18. The maximum Gasteiger partial charge on any atom is 0.315 e. The molecule has 0 aliphatic rings. The predicted molar refractivity (Wildman–Crippen MR) is 64.5 cm³/mol. The van der Waals surface area contributed by atoms with Gasteiger partial charge in [0.05, 0.1) is 0 Å². The van der Waals surface area contributed by atoms with Crippen molar-refractivity contribution in [2.45, 2.75) is 26.3 Å². The van der Waals surface area contributed by atoms with Crippen molar-refractivity contribution in [1.29, 1.82) is 0 Å². The standard InChI is InChI=1S/C13H16FNO3/c1-8(15-12(16)9(2)13(17)18)7-10-5-3-4-6-11(10)14/h3-6,8-9H,7H2,1-2H3,(H,15,16)(H,17,18). The molecule has 1 amide bonds. The Labute approximate surface area is 105 Å². The van der Waals surface area contributed by atoms with Crippen LogP contribution in [0.4, 0.5) is 4.39 Å². The molecule has 2 unspecified atom stereocenters. The summed E-state index contributed by atoms with van der Waals surface area (Å²) in [7, 11) is 0. The Hall–Kier alpha value is -1.91. The Bertz CT molecular complexity index is 448. The Morgan fingerprint density at radius 3 is 2.50 bits per heavy atom. The maximum absolute atomic E-state index is 13.4. The number of carboxylic acids is 1. The van der Waals surface area contributed by atoms with Crippen molar-refractivity contribution >= 4 is 11.9 Å². The molecule has 0 spiro atoms. The van der Waals surface area contributed by atoms with Crippen molar-refractivity contribution in [2.24, 2.45) is 5.92 Å².